The van der Waals surface area contributed by atoms with Gasteiger partial charge in [0.05, 0.1) is 38.7 Å². The monoisotopic (exact) mass is 860 g/mol. The molecule has 2 aromatic heterocycles. The lowest BCUT2D eigenvalue weighted by Gasteiger charge is -2.27. The van der Waals surface area contributed by atoms with Crippen LogP contribution in [0.15, 0.2) is 95.8 Å². The second-order valence-corrected chi connectivity index (χ2v) is 14.3. The Morgan fingerprint density at radius 1 is 0.694 bits per heavy atom. The van der Waals surface area contributed by atoms with Crippen LogP contribution in [0.25, 0.3) is 45.3 Å². The van der Waals surface area contributed by atoms with E-state index in [9.17, 15) is 32.3 Å². The highest BCUT2D eigenvalue weighted by molar-refractivity contribution is 6.06. The molecule has 2 unspecified atom stereocenters. The number of hydrogen-bond acceptors (Lipinski definition) is 7. The van der Waals surface area contributed by atoms with E-state index in [1.54, 1.807) is 24.3 Å². The van der Waals surface area contributed by atoms with Crippen molar-refractivity contribution in [3.8, 4) is 11.4 Å². The maximum atomic E-state index is 17.1. The lowest BCUT2D eigenvalue weighted by molar-refractivity contribution is 0.0395. The van der Waals surface area contributed by atoms with Crippen LogP contribution < -0.4 is 21.5 Å². The Kier molecular flexibility index (Phi) is 9.93. The average molecular weight is 861 g/mol. The molecule has 6 aromatic rings. The molecular formula is C44H25F9N4O5. The largest absolute Gasteiger partial charge is 0.385 e. The van der Waals surface area contributed by atoms with Crippen LogP contribution in [0.4, 0.5) is 45.2 Å². The maximum Gasteiger partial charge on any atom is 0.351 e. The van der Waals surface area contributed by atoms with Crippen LogP contribution >= 0.6 is 0 Å². The van der Waals surface area contributed by atoms with Gasteiger partial charge < -0.3 is 24.5 Å². The Labute approximate surface area is 342 Å². The van der Waals surface area contributed by atoms with Crippen molar-refractivity contribution in [2.75, 3.05) is 18.0 Å². The highest BCUT2D eigenvalue weighted by Crippen LogP contribution is 2.41. The Morgan fingerprint density at radius 3 is 1.68 bits per heavy atom. The van der Waals surface area contributed by atoms with Crippen molar-refractivity contribution in [3.63, 3.8) is 0 Å². The van der Waals surface area contributed by atoms with Crippen LogP contribution in [0.3, 0.4) is 0 Å². The van der Waals surface area contributed by atoms with Crippen molar-refractivity contribution >= 4 is 51.6 Å². The summed E-state index contributed by atoms with van der Waals surface area (Å²) in [6, 6.07) is 3.57. The molecule has 0 spiro atoms. The quantitative estimate of drug-likeness (QED) is 0.0747. The first-order valence-corrected chi connectivity index (χ1v) is 18.1. The van der Waals surface area contributed by atoms with Gasteiger partial charge in [0, 0.05) is 54.7 Å². The number of allylic oxidation sites excluding steroid dienone is 2. The first-order valence-electron chi connectivity index (χ1n) is 18.1. The number of benzene rings is 4. The van der Waals surface area contributed by atoms with E-state index < -0.39 is 148 Å². The number of nitrogens with zero attached hydrogens (tertiary/aromatic N) is 3. The number of fused-ring (bicyclic) bond motifs is 3. The van der Waals surface area contributed by atoms with E-state index in [4.69, 9.17) is 10.5 Å². The summed E-state index contributed by atoms with van der Waals surface area (Å²) in [5, 5.41) is -2.06. The van der Waals surface area contributed by atoms with E-state index >= 15 is 26.3 Å². The van der Waals surface area contributed by atoms with E-state index in [0.29, 0.717) is 51.9 Å². The topological polar surface area (TPSA) is 117 Å². The average Bonchev–Trinajstić information content (AvgIpc) is 3.57. The van der Waals surface area contributed by atoms with Crippen LogP contribution in [-0.2, 0) is 4.74 Å². The van der Waals surface area contributed by atoms with Crippen LogP contribution in [0.1, 0.15) is 31.8 Å². The molecule has 3 heterocycles. The summed E-state index contributed by atoms with van der Waals surface area (Å²) >= 11 is 0. The molecule has 18 heteroatoms. The zero-order chi connectivity index (χ0) is 44.7. The number of esters is 2. The van der Waals surface area contributed by atoms with Gasteiger partial charge in [0.2, 0.25) is 10.9 Å². The first-order chi connectivity index (χ1) is 29.4. The molecule has 8 rings (SSSR count). The van der Waals surface area contributed by atoms with Crippen LogP contribution in [0.5, 0.6) is 0 Å². The van der Waals surface area contributed by atoms with E-state index in [1.165, 1.54) is 4.90 Å². The summed E-state index contributed by atoms with van der Waals surface area (Å²) in [7, 11) is 0. The molecule has 314 valence electrons. The van der Waals surface area contributed by atoms with E-state index in [-0.39, 0.29) is 13.1 Å². The molecule has 1 fully saturated rings. The van der Waals surface area contributed by atoms with Crippen molar-refractivity contribution in [2.24, 2.45) is 11.7 Å². The van der Waals surface area contributed by atoms with Crippen molar-refractivity contribution in [3.05, 3.63) is 181 Å². The van der Waals surface area contributed by atoms with E-state index in [0.717, 1.165) is 18.2 Å². The third-order valence-electron chi connectivity index (χ3n) is 10.8. The van der Waals surface area contributed by atoms with Gasteiger partial charge in [-0.25, -0.2) is 49.1 Å². The zero-order valence-corrected chi connectivity index (χ0v) is 31.4. The van der Waals surface area contributed by atoms with E-state index in [2.05, 4.69) is 13.2 Å². The minimum atomic E-state index is -2.14. The molecule has 9 nitrogen and oxygen atoms in total. The van der Waals surface area contributed by atoms with Gasteiger partial charge >= 0.3 is 11.9 Å². The normalized spacial score (nSPS) is 16.9. The highest BCUT2D eigenvalue weighted by Gasteiger charge is 2.44. The van der Waals surface area contributed by atoms with Crippen molar-refractivity contribution in [2.45, 2.75) is 5.54 Å². The standard InChI is InChI=1S/C44H25F9N4O5/c1-3-22-30-37(35(52)34(51)32(22)49)56(28-10-8-20(45)13-26(28)47)16-24(40(30)58)42(60)62-43(61)25-17-57(29-11-9-21(46)14-27(29)48)38-31(41(25)59)23(4-2)33(50)39(36(38)53)55-15-19-7-5-6-12-44(19,54)18-55/h3-14,16-17,19H,1-2,15,18,54H2. The molecule has 2 aliphatic rings. The number of rotatable bonds is 7. The lowest BCUT2D eigenvalue weighted by Crippen LogP contribution is -2.46. The first kappa shape index (κ1) is 41.3. The number of carbonyl (C=O) groups is 2. The van der Waals surface area contributed by atoms with Gasteiger partial charge in [-0.15, -0.1) is 0 Å². The summed E-state index contributed by atoms with van der Waals surface area (Å²) in [6.07, 6.45) is 8.98. The molecule has 2 atom stereocenters. The smallest absolute Gasteiger partial charge is 0.351 e. The summed E-state index contributed by atoms with van der Waals surface area (Å²) in [5.74, 6) is -18.4. The van der Waals surface area contributed by atoms with Crippen LogP contribution in [0.2, 0.25) is 0 Å². The van der Waals surface area contributed by atoms with Gasteiger partial charge in [-0.05, 0) is 24.3 Å². The number of aromatic nitrogens is 2. The molecule has 1 aliphatic carbocycles. The molecule has 4 aromatic carbocycles. The molecule has 1 saturated heterocycles. The summed E-state index contributed by atoms with van der Waals surface area (Å²) in [4.78, 5) is 57.0. The fourth-order valence-corrected chi connectivity index (χ4v) is 7.85. The number of ether oxygens (including phenoxy) is 1. The van der Waals surface area contributed by atoms with Crippen molar-refractivity contribution in [1.29, 1.82) is 0 Å². The third-order valence-corrected chi connectivity index (χ3v) is 10.8. The molecule has 1 aliphatic heterocycles. The van der Waals surface area contributed by atoms with Crippen molar-refractivity contribution < 1.29 is 53.8 Å². The van der Waals surface area contributed by atoms with Crippen LogP contribution in [0, 0.1) is 58.3 Å². The van der Waals surface area contributed by atoms with Gasteiger partial charge in [-0.3, -0.25) is 9.59 Å². The summed E-state index contributed by atoms with van der Waals surface area (Å²) in [6.45, 7) is 6.64. The Hall–Kier alpha value is -7.47. The Balaban J connectivity index is 1.33. The van der Waals surface area contributed by atoms with Crippen molar-refractivity contribution in [1.82, 2.24) is 9.13 Å². The minimum Gasteiger partial charge on any atom is -0.385 e. The number of pyridine rings is 2. The minimum absolute atomic E-state index is 0.0261. The molecule has 0 bridgehead atoms. The molecule has 0 radical (unpaired) electrons. The number of nitrogens with two attached hydrogens (primary N) is 1. The lowest BCUT2D eigenvalue weighted by atomic mass is 9.85. The summed E-state index contributed by atoms with van der Waals surface area (Å²) in [5.41, 5.74) is -6.19. The Morgan fingerprint density at radius 2 is 1.19 bits per heavy atom. The van der Waals surface area contributed by atoms with Gasteiger partial charge in [0.25, 0.3) is 0 Å². The molecule has 0 amide bonds. The van der Waals surface area contributed by atoms with Gasteiger partial charge in [0.15, 0.2) is 29.1 Å². The van der Waals surface area contributed by atoms with E-state index in [1.807, 2.05) is 0 Å². The number of hydrogen-bond donors (Lipinski definition) is 1. The Bertz CT molecular complexity index is 3230. The maximum absolute atomic E-state index is 17.1. The predicted molar refractivity (Wildman–Crippen MR) is 210 cm³/mol. The molecular weight excluding hydrogens is 835 g/mol. The number of halogens is 9. The molecule has 62 heavy (non-hydrogen) atoms. The van der Waals surface area contributed by atoms with Gasteiger partial charge in [-0.2, -0.15) is 0 Å². The van der Waals surface area contributed by atoms with Gasteiger partial charge in [0.1, 0.15) is 40.1 Å². The second-order valence-electron chi connectivity index (χ2n) is 14.3. The second kappa shape index (κ2) is 14.9. The number of anilines is 1. The van der Waals surface area contributed by atoms with Crippen LogP contribution in [-0.4, -0.2) is 39.7 Å². The highest BCUT2D eigenvalue weighted by atomic mass is 19.2. The fourth-order valence-electron chi connectivity index (χ4n) is 7.85. The SMILES string of the molecule is C=Cc1c(F)c(F)c(F)c2c1c(=O)c(C(=O)OC(=O)c1cn(-c3ccc(F)cc3F)c3c(F)c(N4CC5C=CC=CC5(N)C4)c(F)c(C=C)c3c1=O)cn2-c1ccc(F)cc1F. The summed E-state index contributed by atoms with van der Waals surface area (Å²) < 4.78 is 144. The van der Waals surface area contributed by atoms with Gasteiger partial charge in [-0.1, -0.05) is 49.6 Å². The number of carbonyl (C=O) groups excluding carboxylic acids is 2. The molecule has 2 N–H and O–H groups in total. The third kappa shape index (κ3) is 6.24. The zero-order valence-electron chi connectivity index (χ0n) is 31.4. The fraction of sp³-hybridized carbons (Fsp3) is 0.0909. The molecule has 0 saturated carbocycles. The predicted octanol–water partition coefficient (Wildman–Crippen LogP) is 8.09.